The Balaban J connectivity index is 2.03. The predicted molar refractivity (Wildman–Crippen MR) is 92.3 cm³/mol. The molecule has 0 amide bonds. The van der Waals surface area contributed by atoms with Gasteiger partial charge in [0.2, 0.25) is 0 Å². The van der Waals surface area contributed by atoms with E-state index in [1.807, 2.05) is 24.3 Å². The zero-order valence-electron chi connectivity index (χ0n) is 12.5. The molecule has 0 aliphatic rings. The third-order valence-electron chi connectivity index (χ3n) is 3.74. The highest BCUT2D eigenvalue weighted by atomic mass is 35.5. The van der Waals surface area contributed by atoms with Crippen LogP contribution in [0.4, 0.5) is 4.39 Å². The molecule has 3 nitrogen and oxygen atoms in total. The lowest BCUT2D eigenvalue weighted by molar-refractivity contribution is 0.611. The Kier molecular flexibility index (Phi) is 4.59. The second kappa shape index (κ2) is 6.64. The topological polar surface area (TPSA) is 33.6 Å². The average Bonchev–Trinajstić information content (AvgIpc) is 2.92. The molecule has 0 unspecified atom stereocenters. The minimum atomic E-state index is -0.348. The second-order valence-corrected chi connectivity index (χ2v) is 5.97. The first kappa shape index (κ1) is 15.9. The molecule has 1 N–H and O–H groups in total. The lowest BCUT2D eigenvalue weighted by Gasteiger charge is -2.09. The lowest BCUT2D eigenvalue weighted by Crippen LogP contribution is -2.04. The van der Waals surface area contributed by atoms with Crippen molar-refractivity contribution in [3.8, 4) is 5.69 Å². The molecule has 2 aromatic carbocycles. The Hall–Kier alpha value is -1.98. The molecule has 0 bridgehead atoms. The van der Waals surface area contributed by atoms with Crippen molar-refractivity contribution in [2.24, 2.45) is 0 Å². The van der Waals surface area contributed by atoms with E-state index in [-0.39, 0.29) is 12.2 Å². The highest BCUT2D eigenvalue weighted by Gasteiger charge is 2.14. The van der Waals surface area contributed by atoms with Crippen molar-refractivity contribution >= 4 is 23.8 Å². The monoisotopic (exact) mass is 347 g/mol. The van der Waals surface area contributed by atoms with Gasteiger partial charge < -0.3 is 0 Å². The van der Waals surface area contributed by atoms with Crippen LogP contribution in [0.2, 0.25) is 5.02 Å². The molecule has 0 fully saturated rings. The fourth-order valence-corrected chi connectivity index (χ4v) is 2.94. The third-order valence-corrected chi connectivity index (χ3v) is 4.37. The minimum absolute atomic E-state index is 0.258. The van der Waals surface area contributed by atoms with Gasteiger partial charge in [0.15, 0.2) is 4.77 Å². The quantitative estimate of drug-likeness (QED) is 0.683. The molecule has 3 rings (SSSR count). The number of aromatic nitrogens is 3. The van der Waals surface area contributed by atoms with Gasteiger partial charge in [0.05, 0.1) is 0 Å². The van der Waals surface area contributed by atoms with Crippen molar-refractivity contribution < 1.29 is 4.39 Å². The third kappa shape index (κ3) is 3.21. The van der Waals surface area contributed by atoms with E-state index < -0.39 is 0 Å². The lowest BCUT2D eigenvalue weighted by atomic mass is 10.1. The number of nitrogens with one attached hydrogen (secondary N) is 1. The number of hydrogen-bond acceptors (Lipinski definition) is 2. The van der Waals surface area contributed by atoms with E-state index in [0.29, 0.717) is 21.2 Å². The SMILES string of the molecule is CCc1ccc(-n2c(Cc3c(F)cccc3Cl)n[nH]c2=S)cc1. The molecule has 3 aromatic rings. The van der Waals surface area contributed by atoms with E-state index in [1.54, 1.807) is 16.7 Å². The maximum absolute atomic E-state index is 14.0. The molecule has 0 atom stereocenters. The van der Waals surface area contributed by atoms with Crippen LogP contribution in [-0.4, -0.2) is 14.8 Å². The van der Waals surface area contributed by atoms with Crippen LogP contribution in [-0.2, 0) is 12.8 Å². The Morgan fingerprint density at radius 2 is 1.96 bits per heavy atom. The van der Waals surface area contributed by atoms with Crippen LogP contribution in [0.15, 0.2) is 42.5 Å². The standard InChI is InChI=1S/C17H15ClFN3S/c1-2-11-6-8-12(9-7-11)22-16(20-21-17(22)23)10-13-14(18)4-3-5-15(13)19/h3-9H,2,10H2,1H3,(H,21,23). The van der Waals surface area contributed by atoms with Gasteiger partial charge in [-0.15, -0.1) is 0 Å². The number of benzene rings is 2. The summed E-state index contributed by atoms with van der Waals surface area (Å²) in [5.74, 6) is 0.269. The number of aryl methyl sites for hydroxylation is 1. The summed E-state index contributed by atoms with van der Waals surface area (Å²) in [7, 11) is 0. The van der Waals surface area contributed by atoms with E-state index in [2.05, 4.69) is 17.1 Å². The zero-order chi connectivity index (χ0) is 16.4. The molecule has 0 radical (unpaired) electrons. The molecule has 0 spiro atoms. The molecule has 1 heterocycles. The van der Waals surface area contributed by atoms with Gasteiger partial charge in [-0.1, -0.05) is 36.7 Å². The van der Waals surface area contributed by atoms with Crippen molar-refractivity contribution in [2.45, 2.75) is 19.8 Å². The van der Waals surface area contributed by atoms with Gasteiger partial charge in [-0.05, 0) is 48.5 Å². The van der Waals surface area contributed by atoms with Crippen LogP contribution in [0, 0.1) is 10.6 Å². The molecule has 0 aliphatic carbocycles. The van der Waals surface area contributed by atoms with Crippen LogP contribution in [0.3, 0.4) is 0 Å². The molecule has 0 saturated carbocycles. The van der Waals surface area contributed by atoms with Gasteiger partial charge in [-0.3, -0.25) is 9.67 Å². The molecule has 6 heteroatoms. The number of halogens is 2. The van der Waals surface area contributed by atoms with Gasteiger partial charge in [0.25, 0.3) is 0 Å². The molecule has 118 valence electrons. The van der Waals surface area contributed by atoms with Crippen LogP contribution >= 0.6 is 23.8 Å². The average molecular weight is 348 g/mol. The van der Waals surface area contributed by atoms with E-state index in [4.69, 9.17) is 23.8 Å². The number of hydrogen-bond donors (Lipinski definition) is 1. The first-order valence-electron chi connectivity index (χ1n) is 7.28. The molecular formula is C17H15ClFN3S. The van der Waals surface area contributed by atoms with Crippen LogP contribution in [0.5, 0.6) is 0 Å². The Morgan fingerprint density at radius 3 is 2.61 bits per heavy atom. The Bertz CT molecular complexity index is 863. The van der Waals surface area contributed by atoms with Crippen molar-refractivity contribution in [3.05, 3.63) is 75.0 Å². The first-order chi connectivity index (χ1) is 11.1. The highest BCUT2D eigenvalue weighted by Crippen LogP contribution is 2.23. The summed E-state index contributed by atoms with van der Waals surface area (Å²) in [5, 5.41) is 7.39. The number of H-pyrrole nitrogens is 1. The zero-order valence-corrected chi connectivity index (χ0v) is 14.1. The van der Waals surface area contributed by atoms with E-state index in [0.717, 1.165) is 12.1 Å². The van der Waals surface area contributed by atoms with Gasteiger partial charge in [0, 0.05) is 22.7 Å². The van der Waals surface area contributed by atoms with Crippen molar-refractivity contribution in [3.63, 3.8) is 0 Å². The summed E-state index contributed by atoms with van der Waals surface area (Å²) in [4.78, 5) is 0. The molecule has 0 saturated heterocycles. The van der Waals surface area contributed by atoms with Crippen LogP contribution < -0.4 is 0 Å². The number of rotatable bonds is 4. The number of aromatic amines is 1. The summed E-state index contributed by atoms with van der Waals surface area (Å²) < 4.78 is 16.3. The van der Waals surface area contributed by atoms with Gasteiger partial charge in [-0.25, -0.2) is 4.39 Å². The second-order valence-electron chi connectivity index (χ2n) is 5.18. The van der Waals surface area contributed by atoms with E-state index in [9.17, 15) is 4.39 Å². The molecule has 23 heavy (non-hydrogen) atoms. The highest BCUT2D eigenvalue weighted by molar-refractivity contribution is 7.71. The molecule has 0 aliphatic heterocycles. The van der Waals surface area contributed by atoms with Crippen molar-refractivity contribution in [1.82, 2.24) is 14.8 Å². The van der Waals surface area contributed by atoms with Crippen molar-refractivity contribution in [2.75, 3.05) is 0 Å². The normalized spacial score (nSPS) is 10.9. The maximum Gasteiger partial charge on any atom is 0.199 e. The van der Waals surface area contributed by atoms with Gasteiger partial charge in [-0.2, -0.15) is 5.10 Å². The van der Waals surface area contributed by atoms with Crippen molar-refractivity contribution in [1.29, 1.82) is 0 Å². The van der Waals surface area contributed by atoms with E-state index >= 15 is 0 Å². The summed E-state index contributed by atoms with van der Waals surface area (Å²) >= 11 is 11.4. The Morgan fingerprint density at radius 1 is 1.22 bits per heavy atom. The van der Waals surface area contributed by atoms with Crippen LogP contribution in [0.25, 0.3) is 5.69 Å². The predicted octanol–water partition coefficient (Wildman–Crippen LogP) is 4.88. The summed E-state index contributed by atoms with van der Waals surface area (Å²) in [6, 6.07) is 12.7. The minimum Gasteiger partial charge on any atom is -0.272 e. The summed E-state index contributed by atoms with van der Waals surface area (Å²) in [5.41, 5.74) is 2.54. The smallest absolute Gasteiger partial charge is 0.199 e. The van der Waals surface area contributed by atoms with Gasteiger partial charge in [0.1, 0.15) is 11.6 Å². The summed E-state index contributed by atoms with van der Waals surface area (Å²) in [6.07, 6.45) is 1.23. The molecular weight excluding hydrogens is 333 g/mol. The molecule has 1 aromatic heterocycles. The van der Waals surface area contributed by atoms with Crippen LogP contribution in [0.1, 0.15) is 23.9 Å². The Labute approximate surface area is 143 Å². The largest absolute Gasteiger partial charge is 0.272 e. The fourth-order valence-electron chi connectivity index (χ4n) is 2.45. The summed E-state index contributed by atoms with van der Waals surface area (Å²) in [6.45, 7) is 2.10. The van der Waals surface area contributed by atoms with E-state index in [1.165, 1.54) is 11.6 Å². The van der Waals surface area contributed by atoms with Gasteiger partial charge >= 0.3 is 0 Å². The first-order valence-corrected chi connectivity index (χ1v) is 8.07. The number of nitrogens with zero attached hydrogens (tertiary/aromatic N) is 2. The fraction of sp³-hybridized carbons (Fsp3) is 0.176. The maximum atomic E-state index is 14.0.